The number of nitrogens with two attached hydrogens (primary N) is 1. The van der Waals surface area contributed by atoms with E-state index in [-0.39, 0.29) is 31.6 Å². The summed E-state index contributed by atoms with van der Waals surface area (Å²) in [5.74, 6) is 0.575. The highest BCUT2D eigenvalue weighted by molar-refractivity contribution is 6.00. The van der Waals surface area contributed by atoms with Crippen molar-refractivity contribution < 1.29 is 19.1 Å². The van der Waals surface area contributed by atoms with E-state index in [9.17, 15) is 9.59 Å². The molecule has 0 unspecified atom stereocenters. The fraction of sp³-hybridized carbons (Fsp3) is 0.385. The summed E-state index contributed by atoms with van der Waals surface area (Å²) in [6, 6.07) is 3.10. The van der Waals surface area contributed by atoms with Crippen LogP contribution in [0.25, 0.3) is 0 Å². The molecule has 20 heavy (non-hydrogen) atoms. The number of nitrogens with one attached hydrogen (secondary N) is 2. The number of ether oxygens (including phenoxy) is 2. The van der Waals surface area contributed by atoms with Crippen molar-refractivity contribution in [1.82, 2.24) is 10.6 Å². The summed E-state index contributed by atoms with van der Waals surface area (Å²) in [6.07, 6.45) is 0.226. The van der Waals surface area contributed by atoms with E-state index in [0.29, 0.717) is 29.3 Å². The normalized spacial score (nSPS) is 12.1. The third-order valence-corrected chi connectivity index (χ3v) is 2.80. The van der Waals surface area contributed by atoms with Crippen LogP contribution in [-0.4, -0.2) is 31.7 Å². The summed E-state index contributed by atoms with van der Waals surface area (Å²) in [5, 5.41) is 5.30. The first-order valence-corrected chi connectivity index (χ1v) is 6.35. The standard InChI is InChI=1S/C13H17N3O4/c1-2-15-12(17)3-4-16-13(18)8-5-10-11(6-9(8)14)20-7-19-10/h5-6H,2-4,7,14H2,1H3,(H,15,17)(H,16,18). The smallest absolute Gasteiger partial charge is 0.253 e. The predicted molar refractivity (Wildman–Crippen MR) is 72.6 cm³/mol. The van der Waals surface area contributed by atoms with Gasteiger partial charge >= 0.3 is 0 Å². The van der Waals surface area contributed by atoms with Crippen molar-refractivity contribution >= 4 is 17.5 Å². The number of nitrogen functional groups attached to an aromatic ring is 1. The van der Waals surface area contributed by atoms with Crippen molar-refractivity contribution in [3.05, 3.63) is 17.7 Å². The van der Waals surface area contributed by atoms with Crippen LogP contribution in [0.2, 0.25) is 0 Å². The van der Waals surface area contributed by atoms with Gasteiger partial charge in [0.2, 0.25) is 12.7 Å². The lowest BCUT2D eigenvalue weighted by Crippen LogP contribution is -2.30. The van der Waals surface area contributed by atoms with Gasteiger partial charge in [0.1, 0.15) is 0 Å². The predicted octanol–water partition coefficient (Wildman–Crippen LogP) is 0.253. The highest BCUT2D eigenvalue weighted by Gasteiger charge is 2.19. The molecule has 0 aromatic heterocycles. The molecule has 0 aliphatic carbocycles. The molecular formula is C13H17N3O4. The topological polar surface area (TPSA) is 103 Å². The van der Waals surface area contributed by atoms with E-state index < -0.39 is 0 Å². The quantitative estimate of drug-likeness (QED) is 0.671. The second-order valence-corrected chi connectivity index (χ2v) is 4.25. The lowest BCUT2D eigenvalue weighted by atomic mass is 10.1. The molecule has 0 saturated heterocycles. The van der Waals surface area contributed by atoms with Crippen LogP contribution in [0.5, 0.6) is 11.5 Å². The number of carbonyl (C=O) groups is 2. The molecule has 1 aromatic rings. The van der Waals surface area contributed by atoms with Crippen LogP contribution in [0.4, 0.5) is 5.69 Å². The van der Waals surface area contributed by atoms with Crippen LogP contribution >= 0.6 is 0 Å². The molecule has 7 nitrogen and oxygen atoms in total. The molecule has 0 saturated carbocycles. The van der Waals surface area contributed by atoms with Crippen LogP contribution in [0, 0.1) is 0 Å². The average molecular weight is 279 g/mol. The maximum absolute atomic E-state index is 12.0. The summed E-state index contributed by atoms with van der Waals surface area (Å²) in [5.41, 5.74) is 6.42. The summed E-state index contributed by atoms with van der Waals surface area (Å²) in [4.78, 5) is 23.2. The first-order chi connectivity index (χ1) is 9.61. The highest BCUT2D eigenvalue weighted by atomic mass is 16.7. The summed E-state index contributed by atoms with van der Waals surface area (Å²) in [6.45, 7) is 2.78. The highest BCUT2D eigenvalue weighted by Crippen LogP contribution is 2.35. The number of amides is 2. The third kappa shape index (κ3) is 3.11. The molecule has 1 aliphatic heterocycles. The molecule has 0 fully saturated rings. The van der Waals surface area contributed by atoms with Gasteiger partial charge in [-0.05, 0) is 13.0 Å². The SMILES string of the molecule is CCNC(=O)CCNC(=O)c1cc2c(cc1N)OCO2. The van der Waals surface area contributed by atoms with Crippen molar-refractivity contribution in [1.29, 1.82) is 0 Å². The Morgan fingerprint density at radius 2 is 1.95 bits per heavy atom. The minimum absolute atomic E-state index is 0.105. The number of benzene rings is 1. The van der Waals surface area contributed by atoms with Crippen LogP contribution in [0.1, 0.15) is 23.7 Å². The molecule has 1 aliphatic rings. The number of hydrogen-bond donors (Lipinski definition) is 3. The average Bonchev–Trinajstić information content (AvgIpc) is 2.84. The van der Waals surface area contributed by atoms with E-state index in [1.807, 2.05) is 6.92 Å². The van der Waals surface area contributed by atoms with Crippen LogP contribution in [0.3, 0.4) is 0 Å². The van der Waals surface area contributed by atoms with E-state index in [4.69, 9.17) is 15.2 Å². The Morgan fingerprint density at radius 3 is 2.65 bits per heavy atom. The largest absolute Gasteiger partial charge is 0.454 e. The van der Waals surface area contributed by atoms with Crippen molar-refractivity contribution in [2.24, 2.45) is 0 Å². The fourth-order valence-corrected chi connectivity index (χ4v) is 1.82. The number of carbonyl (C=O) groups excluding carboxylic acids is 2. The fourth-order valence-electron chi connectivity index (χ4n) is 1.82. The Labute approximate surface area is 116 Å². The minimum atomic E-state index is -0.343. The molecule has 1 heterocycles. The zero-order chi connectivity index (χ0) is 14.5. The first kappa shape index (κ1) is 14.0. The lowest BCUT2D eigenvalue weighted by Gasteiger charge is -2.08. The van der Waals surface area contributed by atoms with E-state index in [0.717, 1.165) is 0 Å². The van der Waals surface area contributed by atoms with Gasteiger partial charge in [-0.25, -0.2) is 0 Å². The van der Waals surface area contributed by atoms with Crippen molar-refractivity contribution in [3.63, 3.8) is 0 Å². The van der Waals surface area contributed by atoms with Gasteiger partial charge in [-0.15, -0.1) is 0 Å². The maximum Gasteiger partial charge on any atom is 0.253 e. The zero-order valence-corrected chi connectivity index (χ0v) is 11.2. The van der Waals surface area contributed by atoms with Gasteiger partial charge in [0.15, 0.2) is 11.5 Å². The van der Waals surface area contributed by atoms with E-state index in [2.05, 4.69) is 10.6 Å². The van der Waals surface area contributed by atoms with Gasteiger partial charge in [-0.3, -0.25) is 9.59 Å². The van der Waals surface area contributed by atoms with Crippen LogP contribution in [-0.2, 0) is 4.79 Å². The molecule has 0 atom stereocenters. The Kier molecular flexibility index (Phi) is 4.29. The van der Waals surface area contributed by atoms with E-state index in [1.54, 1.807) is 12.1 Å². The minimum Gasteiger partial charge on any atom is -0.454 e. The van der Waals surface area contributed by atoms with Gasteiger partial charge in [0, 0.05) is 31.3 Å². The molecule has 7 heteroatoms. The molecule has 2 rings (SSSR count). The number of fused-ring (bicyclic) bond motifs is 1. The summed E-state index contributed by atoms with van der Waals surface area (Å²) in [7, 11) is 0. The third-order valence-electron chi connectivity index (χ3n) is 2.80. The number of anilines is 1. The number of hydrogen-bond acceptors (Lipinski definition) is 5. The van der Waals surface area contributed by atoms with E-state index in [1.165, 1.54) is 0 Å². The lowest BCUT2D eigenvalue weighted by molar-refractivity contribution is -0.120. The molecule has 2 amide bonds. The van der Waals surface area contributed by atoms with Crippen molar-refractivity contribution in [3.8, 4) is 11.5 Å². The van der Waals surface area contributed by atoms with Gasteiger partial charge < -0.3 is 25.8 Å². The number of rotatable bonds is 5. The Morgan fingerprint density at radius 1 is 1.25 bits per heavy atom. The first-order valence-electron chi connectivity index (χ1n) is 6.35. The Balaban J connectivity index is 1.94. The Hall–Kier alpha value is -2.44. The summed E-state index contributed by atoms with van der Waals surface area (Å²) >= 11 is 0. The van der Waals surface area contributed by atoms with Gasteiger partial charge in [-0.1, -0.05) is 0 Å². The van der Waals surface area contributed by atoms with Gasteiger partial charge in [0.05, 0.1) is 5.56 Å². The second kappa shape index (κ2) is 6.14. The van der Waals surface area contributed by atoms with E-state index >= 15 is 0 Å². The van der Waals surface area contributed by atoms with Crippen LogP contribution < -0.4 is 25.8 Å². The van der Waals surface area contributed by atoms with Crippen molar-refractivity contribution in [2.45, 2.75) is 13.3 Å². The van der Waals surface area contributed by atoms with Crippen molar-refractivity contribution in [2.75, 3.05) is 25.6 Å². The molecule has 4 N–H and O–H groups in total. The molecular weight excluding hydrogens is 262 g/mol. The van der Waals surface area contributed by atoms with Gasteiger partial charge in [-0.2, -0.15) is 0 Å². The van der Waals surface area contributed by atoms with Crippen LogP contribution in [0.15, 0.2) is 12.1 Å². The molecule has 0 spiro atoms. The monoisotopic (exact) mass is 279 g/mol. The molecule has 0 radical (unpaired) electrons. The maximum atomic E-state index is 12.0. The summed E-state index contributed by atoms with van der Waals surface area (Å²) < 4.78 is 10.4. The molecule has 1 aromatic carbocycles. The molecule has 0 bridgehead atoms. The Bertz CT molecular complexity index is 531. The molecule has 108 valence electrons. The second-order valence-electron chi connectivity index (χ2n) is 4.25. The zero-order valence-electron chi connectivity index (χ0n) is 11.2. The van der Waals surface area contributed by atoms with Gasteiger partial charge in [0.25, 0.3) is 5.91 Å².